The van der Waals surface area contributed by atoms with Gasteiger partial charge in [0.05, 0.1) is 10.5 Å². The highest BCUT2D eigenvalue weighted by Gasteiger charge is 2.32. The molecule has 0 unspecified atom stereocenters. The molecular weight excluding hydrogens is 396 g/mol. The molecule has 0 aliphatic heterocycles. The van der Waals surface area contributed by atoms with Gasteiger partial charge in [0.15, 0.2) is 0 Å². The lowest BCUT2D eigenvalue weighted by Crippen LogP contribution is -2.34. The van der Waals surface area contributed by atoms with E-state index in [4.69, 9.17) is 10.5 Å². The number of fused-ring (bicyclic) bond motifs is 1. The van der Waals surface area contributed by atoms with Crippen LogP contribution in [0.15, 0.2) is 70.1 Å². The Bertz CT molecular complexity index is 908. The Hall–Kier alpha value is -2.41. The van der Waals surface area contributed by atoms with Gasteiger partial charge in [0, 0.05) is 36.2 Å². The molecule has 0 radical (unpaired) electrons. The summed E-state index contributed by atoms with van der Waals surface area (Å²) in [6.45, 7) is 7.50. The first-order valence-electron chi connectivity index (χ1n) is 10.0. The number of Topliss-reactive ketones (excluding diaryl/α,β-unsaturated/α-hetero) is 2. The number of benzene rings is 2. The zero-order valence-electron chi connectivity index (χ0n) is 18.0. The van der Waals surface area contributed by atoms with E-state index in [1.807, 2.05) is 44.2 Å². The first kappa shape index (κ1) is 23.9. The van der Waals surface area contributed by atoms with Crippen molar-refractivity contribution in [3.05, 3.63) is 76.3 Å². The van der Waals surface area contributed by atoms with E-state index < -0.39 is 0 Å². The van der Waals surface area contributed by atoms with Crippen molar-refractivity contribution < 1.29 is 14.3 Å². The van der Waals surface area contributed by atoms with Gasteiger partial charge < -0.3 is 15.8 Å². The van der Waals surface area contributed by atoms with Gasteiger partial charge in [-0.2, -0.15) is 0 Å². The quantitative estimate of drug-likeness (QED) is 0.681. The van der Waals surface area contributed by atoms with Crippen LogP contribution < -0.4 is 11.1 Å². The number of ketones is 2. The average molecular weight is 427 g/mol. The molecule has 0 amide bonds. The Kier molecular flexibility index (Phi) is 8.84. The van der Waals surface area contributed by atoms with E-state index in [-0.39, 0.29) is 17.2 Å². The zero-order valence-corrected chi connectivity index (χ0v) is 18.8. The Morgan fingerprint density at radius 2 is 1.53 bits per heavy atom. The number of nitrogens with two attached hydrogens (primary N) is 1. The van der Waals surface area contributed by atoms with E-state index in [9.17, 15) is 9.59 Å². The van der Waals surface area contributed by atoms with Gasteiger partial charge >= 0.3 is 0 Å². The summed E-state index contributed by atoms with van der Waals surface area (Å²) in [5.74, 6) is -0.241. The van der Waals surface area contributed by atoms with Crippen molar-refractivity contribution in [2.45, 2.75) is 37.7 Å². The zero-order chi connectivity index (χ0) is 22.1. The summed E-state index contributed by atoms with van der Waals surface area (Å²) in [6.07, 6.45) is 1.06. The summed E-state index contributed by atoms with van der Waals surface area (Å²) >= 11 is 1.32. The molecular formula is C24H30N2O3S. The van der Waals surface area contributed by atoms with Gasteiger partial charge in [-0.05, 0) is 32.4 Å². The summed E-state index contributed by atoms with van der Waals surface area (Å²) in [5.41, 5.74) is 6.60. The Morgan fingerprint density at radius 3 is 2.07 bits per heavy atom. The number of nitrogens with one attached hydrogen (secondary N) is 1. The third kappa shape index (κ3) is 6.05. The number of ether oxygens (including phenoxy) is 1. The second-order valence-corrected chi connectivity index (χ2v) is 8.47. The fourth-order valence-corrected chi connectivity index (χ4v) is 3.75. The molecule has 0 heterocycles. The summed E-state index contributed by atoms with van der Waals surface area (Å²) in [7, 11) is 1.67. The molecule has 6 heteroatoms. The number of carbonyl (C=O) groups is 2. The summed E-state index contributed by atoms with van der Waals surface area (Å²) in [6, 6.07) is 16.5. The number of likely N-dealkylation sites (N-methyl/N-ethyl adjacent to an activating group) is 1. The van der Waals surface area contributed by atoms with Crippen LogP contribution in [0.5, 0.6) is 0 Å². The Balaban J connectivity index is 0.000000303. The molecule has 0 atom stereocenters. The van der Waals surface area contributed by atoms with Gasteiger partial charge in [-0.25, -0.2) is 0 Å². The molecule has 1 aliphatic carbocycles. The topological polar surface area (TPSA) is 81.4 Å². The highest BCUT2D eigenvalue weighted by Crippen LogP contribution is 2.35. The summed E-state index contributed by atoms with van der Waals surface area (Å²) in [5, 5.41) is 2.88. The highest BCUT2D eigenvalue weighted by atomic mass is 32.2. The first-order chi connectivity index (χ1) is 14.3. The second-order valence-electron chi connectivity index (χ2n) is 7.39. The minimum atomic E-state index is -0.133. The van der Waals surface area contributed by atoms with Gasteiger partial charge in [-0.15, -0.1) is 0 Å². The molecule has 0 spiro atoms. The van der Waals surface area contributed by atoms with Crippen molar-refractivity contribution in [1.29, 1.82) is 0 Å². The SMILES string of the molecule is CCCOC(C)(C)CN.CNC1=C(Sc2ccccc2)C(=O)c2ccccc2C1=O. The van der Waals surface area contributed by atoms with E-state index in [1.54, 1.807) is 31.3 Å². The van der Waals surface area contributed by atoms with Crippen LogP contribution in [0.2, 0.25) is 0 Å². The predicted octanol–water partition coefficient (Wildman–Crippen LogP) is 4.44. The molecule has 5 nitrogen and oxygen atoms in total. The fourth-order valence-electron chi connectivity index (χ4n) is 2.72. The second kappa shape index (κ2) is 11.1. The van der Waals surface area contributed by atoms with Crippen LogP contribution in [0.1, 0.15) is 47.9 Å². The molecule has 0 saturated carbocycles. The van der Waals surface area contributed by atoms with E-state index in [2.05, 4.69) is 12.2 Å². The molecule has 0 saturated heterocycles. The van der Waals surface area contributed by atoms with Crippen LogP contribution in [0.4, 0.5) is 0 Å². The lowest BCUT2D eigenvalue weighted by molar-refractivity contribution is -0.00986. The Morgan fingerprint density at radius 1 is 0.967 bits per heavy atom. The number of rotatable bonds is 7. The smallest absolute Gasteiger partial charge is 0.210 e. The molecule has 0 fully saturated rings. The number of allylic oxidation sites excluding steroid dienone is 2. The first-order valence-corrected chi connectivity index (χ1v) is 10.8. The van der Waals surface area contributed by atoms with Gasteiger partial charge in [0.2, 0.25) is 11.6 Å². The molecule has 2 aromatic carbocycles. The molecule has 160 valence electrons. The van der Waals surface area contributed by atoms with Crippen LogP contribution >= 0.6 is 11.8 Å². The van der Waals surface area contributed by atoms with E-state index in [0.717, 1.165) is 17.9 Å². The van der Waals surface area contributed by atoms with Gasteiger partial charge in [0.25, 0.3) is 0 Å². The largest absolute Gasteiger partial charge is 0.384 e. The number of carbonyl (C=O) groups excluding carboxylic acids is 2. The van der Waals surface area contributed by atoms with Crippen LogP contribution in [0.3, 0.4) is 0 Å². The monoisotopic (exact) mass is 426 g/mol. The van der Waals surface area contributed by atoms with E-state index in [0.29, 0.717) is 28.3 Å². The minimum absolute atomic E-state index is 0.108. The molecule has 1 aliphatic rings. The van der Waals surface area contributed by atoms with E-state index >= 15 is 0 Å². The maximum absolute atomic E-state index is 12.7. The molecule has 30 heavy (non-hydrogen) atoms. The maximum Gasteiger partial charge on any atom is 0.210 e. The van der Waals surface area contributed by atoms with Crippen molar-refractivity contribution in [3.63, 3.8) is 0 Å². The normalized spacial score (nSPS) is 13.5. The summed E-state index contributed by atoms with van der Waals surface area (Å²) in [4.78, 5) is 26.6. The van der Waals surface area contributed by atoms with Crippen molar-refractivity contribution in [3.8, 4) is 0 Å². The molecule has 2 aromatic rings. The van der Waals surface area contributed by atoms with Gasteiger partial charge in [-0.1, -0.05) is 61.2 Å². The molecule has 0 bridgehead atoms. The Labute approximate surface area is 183 Å². The fraction of sp³-hybridized carbons (Fsp3) is 0.333. The van der Waals surface area contributed by atoms with Crippen molar-refractivity contribution in [1.82, 2.24) is 5.32 Å². The van der Waals surface area contributed by atoms with E-state index in [1.165, 1.54) is 11.8 Å². The minimum Gasteiger partial charge on any atom is -0.384 e. The van der Waals surface area contributed by atoms with Crippen molar-refractivity contribution in [2.24, 2.45) is 5.73 Å². The molecule has 3 rings (SSSR count). The standard InChI is InChI=1S/C17H13NO2S.C7H17NO/c1-18-14-15(19)12-9-5-6-10-13(12)16(20)17(14)21-11-7-3-2-4-8-11;1-4-5-9-7(2,3)6-8/h2-10,18H,1H3;4-6,8H2,1-3H3. The number of hydrogen-bond donors (Lipinski definition) is 2. The van der Waals surface area contributed by atoms with Crippen LogP contribution in [0.25, 0.3) is 0 Å². The van der Waals surface area contributed by atoms with Crippen LogP contribution in [0, 0.1) is 0 Å². The number of thioether (sulfide) groups is 1. The maximum atomic E-state index is 12.7. The third-order valence-corrected chi connectivity index (χ3v) is 5.58. The lowest BCUT2D eigenvalue weighted by Gasteiger charge is -2.22. The molecule has 3 N–H and O–H groups in total. The predicted molar refractivity (Wildman–Crippen MR) is 123 cm³/mol. The van der Waals surface area contributed by atoms with Gasteiger partial charge in [-0.3, -0.25) is 9.59 Å². The molecule has 0 aromatic heterocycles. The van der Waals surface area contributed by atoms with Crippen molar-refractivity contribution in [2.75, 3.05) is 20.2 Å². The average Bonchev–Trinajstić information content (AvgIpc) is 2.77. The highest BCUT2D eigenvalue weighted by molar-refractivity contribution is 8.04. The third-order valence-electron chi connectivity index (χ3n) is 4.48. The lowest BCUT2D eigenvalue weighted by atomic mass is 9.92. The van der Waals surface area contributed by atoms with Gasteiger partial charge in [0.1, 0.15) is 5.70 Å². The van der Waals surface area contributed by atoms with Crippen molar-refractivity contribution >= 4 is 23.3 Å². The van der Waals surface area contributed by atoms with Crippen LogP contribution in [-0.2, 0) is 4.74 Å². The van der Waals surface area contributed by atoms with Crippen LogP contribution in [-0.4, -0.2) is 37.4 Å². The number of hydrogen-bond acceptors (Lipinski definition) is 6. The summed E-state index contributed by atoms with van der Waals surface area (Å²) < 4.78 is 5.40.